The van der Waals surface area contributed by atoms with Crippen LogP contribution in [0.4, 0.5) is 5.69 Å². The molecule has 0 saturated heterocycles. The van der Waals surface area contributed by atoms with Gasteiger partial charge in [-0.3, -0.25) is 10.1 Å². The average molecular weight is 222 g/mol. The molecule has 0 bridgehead atoms. The summed E-state index contributed by atoms with van der Waals surface area (Å²) in [4.78, 5) is 10.1. The number of nitro groups is 1. The van der Waals surface area contributed by atoms with E-state index in [0.29, 0.717) is 5.56 Å². The number of hydrogen-bond donors (Lipinski definition) is 1. The monoisotopic (exact) mass is 222 g/mol. The third-order valence-electron chi connectivity index (χ3n) is 1.89. The largest absolute Gasteiger partial charge is 0.469 e. The molecule has 0 radical (unpaired) electrons. The smallest absolute Gasteiger partial charge is 0.310 e. The lowest BCUT2D eigenvalue weighted by Gasteiger charge is -2.08. The molecule has 6 nitrogen and oxygen atoms in total. The van der Waals surface area contributed by atoms with Crippen molar-refractivity contribution < 1.29 is 14.8 Å². The van der Waals surface area contributed by atoms with E-state index < -0.39 is 11.0 Å². The third kappa shape index (κ3) is 2.68. The molecule has 1 atom stereocenters. The molecule has 0 aromatic heterocycles. The molecule has 1 N–H and O–H groups in total. The molecule has 1 unspecified atom stereocenters. The van der Waals surface area contributed by atoms with Crippen LogP contribution in [0.3, 0.4) is 0 Å². The van der Waals surface area contributed by atoms with E-state index in [1.807, 2.05) is 6.07 Å². The Morgan fingerprint density at radius 2 is 2.38 bits per heavy atom. The molecule has 0 spiro atoms. The first-order chi connectivity index (χ1) is 7.58. The van der Waals surface area contributed by atoms with Crippen LogP contribution in [-0.2, 0) is 6.61 Å². The van der Waals surface area contributed by atoms with Gasteiger partial charge in [0.2, 0.25) is 0 Å². The van der Waals surface area contributed by atoms with Crippen LogP contribution >= 0.6 is 0 Å². The van der Waals surface area contributed by atoms with Gasteiger partial charge in [0.15, 0.2) is 11.9 Å². The Morgan fingerprint density at radius 3 is 2.88 bits per heavy atom. The molecule has 0 amide bonds. The van der Waals surface area contributed by atoms with Crippen molar-refractivity contribution in [1.82, 2.24) is 0 Å². The Bertz CT molecular complexity index is 439. The number of aliphatic hydroxyl groups excluding tert-OH is 1. The van der Waals surface area contributed by atoms with E-state index in [-0.39, 0.29) is 18.0 Å². The maximum atomic E-state index is 10.7. The van der Waals surface area contributed by atoms with Crippen molar-refractivity contribution in [2.24, 2.45) is 0 Å². The molecule has 1 aromatic rings. The van der Waals surface area contributed by atoms with Crippen LogP contribution in [-0.4, -0.2) is 16.1 Å². The third-order valence-corrected chi connectivity index (χ3v) is 1.89. The lowest BCUT2D eigenvalue weighted by atomic mass is 10.2. The molecule has 0 aliphatic heterocycles. The zero-order chi connectivity index (χ0) is 12.1. The Labute approximate surface area is 91.8 Å². The van der Waals surface area contributed by atoms with Gasteiger partial charge < -0.3 is 9.84 Å². The first-order valence-corrected chi connectivity index (χ1v) is 4.53. The first kappa shape index (κ1) is 11.9. The summed E-state index contributed by atoms with van der Waals surface area (Å²) in [7, 11) is 0. The summed E-state index contributed by atoms with van der Waals surface area (Å²) in [5.41, 5.74) is 0.269. The highest BCUT2D eigenvalue weighted by Crippen LogP contribution is 2.28. The van der Waals surface area contributed by atoms with Crippen molar-refractivity contribution in [3.8, 4) is 11.8 Å². The number of rotatable bonds is 4. The Kier molecular flexibility index (Phi) is 3.80. The van der Waals surface area contributed by atoms with E-state index in [2.05, 4.69) is 0 Å². The maximum Gasteiger partial charge on any atom is 0.310 e. The van der Waals surface area contributed by atoms with Crippen LogP contribution in [0.2, 0.25) is 0 Å². The fourth-order valence-corrected chi connectivity index (χ4v) is 1.12. The summed E-state index contributed by atoms with van der Waals surface area (Å²) in [6.45, 7) is 1.24. The Morgan fingerprint density at radius 1 is 1.69 bits per heavy atom. The standard InChI is InChI=1S/C10H10N2O4/c1-7(5-11)16-10-4-8(6-13)2-3-9(10)12(14)15/h2-4,7,13H,6H2,1H3. The summed E-state index contributed by atoms with van der Waals surface area (Å²) >= 11 is 0. The van der Waals surface area contributed by atoms with Gasteiger partial charge in [0.25, 0.3) is 0 Å². The molecule has 0 aliphatic rings. The van der Waals surface area contributed by atoms with Crippen LogP contribution in [0.5, 0.6) is 5.75 Å². The van der Waals surface area contributed by atoms with Gasteiger partial charge in [0.05, 0.1) is 11.5 Å². The SMILES string of the molecule is CC(C#N)Oc1cc(CO)ccc1[N+](=O)[O-]. The molecular weight excluding hydrogens is 212 g/mol. The van der Waals surface area contributed by atoms with Crippen LogP contribution in [0.1, 0.15) is 12.5 Å². The number of nitriles is 1. The van der Waals surface area contributed by atoms with Gasteiger partial charge in [-0.05, 0) is 24.6 Å². The topological polar surface area (TPSA) is 96.4 Å². The van der Waals surface area contributed by atoms with E-state index in [9.17, 15) is 10.1 Å². The molecule has 84 valence electrons. The van der Waals surface area contributed by atoms with E-state index >= 15 is 0 Å². The van der Waals surface area contributed by atoms with Gasteiger partial charge in [0.1, 0.15) is 6.07 Å². The van der Waals surface area contributed by atoms with Gasteiger partial charge in [0, 0.05) is 6.07 Å². The van der Waals surface area contributed by atoms with Gasteiger partial charge in [-0.1, -0.05) is 0 Å². The molecule has 0 aliphatic carbocycles. The van der Waals surface area contributed by atoms with Crippen molar-refractivity contribution in [1.29, 1.82) is 5.26 Å². The molecule has 0 saturated carbocycles. The second-order valence-electron chi connectivity index (χ2n) is 3.11. The van der Waals surface area contributed by atoms with Crippen molar-refractivity contribution in [3.63, 3.8) is 0 Å². The zero-order valence-corrected chi connectivity index (χ0v) is 8.58. The van der Waals surface area contributed by atoms with Crippen molar-refractivity contribution in [3.05, 3.63) is 33.9 Å². The molecule has 0 fully saturated rings. The summed E-state index contributed by atoms with van der Waals surface area (Å²) in [6, 6.07) is 5.84. The Hall–Kier alpha value is -2.13. The number of ether oxygens (including phenoxy) is 1. The molecule has 0 heterocycles. The maximum absolute atomic E-state index is 10.7. The van der Waals surface area contributed by atoms with E-state index in [1.54, 1.807) is 0 Å². The number of benzene rings is 1. The minimum atomic E-state index is -0.785. The molecule has 16 heavy (non-hydrogen) atoms. The fraction of sp³-hybridized carbons (Fsp3) is 0.300. The molecule has 1 aromatic carbocycles. The minimum absolute atomic E-state index is 0.00870. The van der Waals surface area contributed by atoms with Gasteiger partial charge in [-0.15, -0.1) is 0 Å². The summed E-state index contributed by atoms with van der Waals surface area (Å²) in [5.74, 6) is -0.00870. The summed E-state index contributed by atoms with van der Waals surface area (Å²) in [6.07, 6.45) is -0.785. The van der Waals surface area contributed by atoms with E-state index in [4.69, 9.17) is 15.1 Å². The number of aliphatic hydroxyl groups is 1. The normalized spacial score (nSPS) is 11.6. The van der Waals surface area contributed by atoms with Crippen molar-refractivity contribution in [2.45, 2.75) is 19.6 Å². The van der Waals surface area contributed by atoms with Crippen LogP contribution < -0.4 is 4.74 Å². The predicted molar refractivity (Wildman–Crippen MR) is 54.7 cm³/mol. The van der Waals surface area contributed by atoms with Gasteiger partial charge >= 0.3 is 5.69 Å². The lowest BCUT2D eigenvalue weighted by molar-refractivity contribution is -0.386. The highest BCUT2D eigenvalue weighted by molar-refractivity contribution is 5.48. The molecule has 1 rings (SSSR count). The van der Waals surface area contributed by atoms with Crippen LogP contribution in [0.15, 0.2) is 18.2 Å². The first-order valence-electron chi connectivity index (χ1n) is 4.53. The second-order valence-corrected chi connectivity index (χ2v) is 3.11. The van der Waals surface area contributed by atoms with E-state index in [0.717, 1.165) is 0 Å². The van der Waals surface area contributed by atoms with Gasteiger partial charge in [-0.25, -0.2) is 0 Å². The summed E-state index contributed by atoms with van der Waals surface area (Å²) in [5, 5.41) is 28.1. The van der Waals surface area contributed by atoms with Crippen LogP contribution in [0.25, 0.3) is 0 Å². The lowest BCUT2D eigenvalue weighted by Crippen LogP contribution is -2.10. The average Bonchev–Trinajstić information content (AvgIpc) is 2.28. The number of hydrogen-bond acceptors (Lipinski definition) is 5. The van der Waals surface area contributed by atoms with Gasteiger partial charge in [-0.2, -0.15) is 5.26 Å². The van der Waals surface area contributed by atoms with Crippen LogP contribution in [0, 0.1) is 21.4 Å². The molecule has 6 heteroatoms. The van der Waals surface area contributed by atoms with E-state index in [1.165, 1.54) is 25.1 Å². The number of nitro benzene ring substituents is 1. The quantitative estimate of drug-likeness (QED) is 0.613. The van der Waals surface area contributed by atoms with Crippen molar-refractivity contribution in [2.75, 3.05) is 0 Å². The molecular formula is C10H10N2O4. The zero-order valence-electron chi connectivity index (χ0n) is 8.58. The summed E-state index contributed by atoms with van der Waals surface area (Å²) < 4.78 is 5.08. The Balaban J connectivity index is 3.11. The second kappa shape index (κ2) is 5.09. The fourth-order valence-electron chi connectivity index (χ4n) is 1.12. The predicted octanol–water partition coefficient (Wildman–Crippen LogP) is 1.38. The highest BCUT2D eigenvalue weighted by Gasteiger charge is 2.17. The minimum Gasteiger partial charge on any atom is -0.469 e. The number of nitrogens with zero attached hydrogens (tertiary/aromatic N) is 2. The van der Waals surface area contributed by atoms with Crippen molar-refractivity contribution >= 4 is 5.69 Å². The highest BCUT2D eigenvalue weighted by atomic mass is 16.6.